The molecule has 0 spiro atoms. The summed E-state index contributed by atoms with van der Waals surface area (Å²) in [4.78, 5) is 2.81. The molecule has 0 saturated heterocycles. The van der Waals surface area contributed by atoms with Crippen molar-refractivity contribution in [2.45, 2.75) is 13.5 Å². The van der Waals surface area contributed by atoms with E-state index in [0.717, 1.165) is 5.56 Å². The maximum Gasteiger partial charge on any atom is 0.0511 e. The van der Waals surface area contributed by atoms with Gasteiger partial charge in [-0.05, 0) is 42.3 Å². The van der Waals surface area contributed by atoms with Crippen molar-refractivity contribution in [3.05, 3.63) is 58.0 Å². The van der Waals surface area contributed by atoms with Crippen LogP contribution in [0.1, 0.15) is 11.1 Å². The summed E-state index contributed by atoms with van der Waals surface area (Å²) in [6.07, 6.45) is 0. The highest BCUT2D eigenvalue weighted by atomic mass is 15.1. The van der Waals surface area contributed by atoms with Crippen molar-refractivity contribution in [1.29, 1.82) is 0 Å². The molecular formula is C15H14N4. The van der Waals surface area contributed by atoms with Crippen LogP contribution in [-0.4, -0.2) is 4.57 Å². The molecule has 94 valence electrons. The fourth-order valence-corrected chi connectivity index (χ4v) is 2.59. The van der Waals surface area contributed by atoms with Gasteiger partial charge in [-0.2, -0.15) is 0 Å². The van der Waals surface area contributed by atoms with E-state index < -0.39 is 0 Å². The normalized spacial score (nSPS) is 10.8. The average molecular weight is 250 g/mol. The van der Waals surface area contributed by atoms with E-state index in [1.807, 2.05) is 6.07 Å². The minimum absolute atomic E-state index is 0.397. The fraction of sp³-hybridized carbons (Fsp3) is 0.200. The molecule has 0 aliphatic carbocycles. The third kappa shape index (κ3) is 1.83. The molecule has 0 atom stereocenters. The number of azide groups is 1. The maximum absolute atomic E-state index is 8.41. The highest BCUT2D eigenvalue weighted by Crippen LogP contribution is 2.29. The number of aryl methyl sites for hydroxylation is 2. The summed E-state index contributed by atoms with van der Waals surface area (Å²) in [7, 11) is 2.08. The van der Waals surface area contributed by atoms with E-state index in [2.05, 4.69) is 58.9 Å². The lowest BCUT2D eigenvalue weighted by Gasteiger charge is -1.99. The standard InChI is InChI=1S/C15H14N4/c1-10-3-5-14-12(7-10)13-8-11(9-17-18-16)4-6-15(13)19(14)2/h3-8H,9H2,1-2H3. The van der Waals surface area contributed by atoms with E-state index in [1.54, 1.807) is 0 Å². The van der Waals surface area contributed by atoms with Crippen molar-refractivity contribution >= 4 is 21.8 Å². The lowest BCUT2D eigenvalue weighted by atomic mass is 10.1. The SMILES string of the molecule is Cc1ccc2c(c1)c1cc(CN=[N+]=[N-])ccc1n2C. The van der Waals surface area contributed by atoms with Crippen LogP contribution in [0.25, 0.3) is 32.2 Å². The van der Waals surface area contributed by atoms with Crippen LogP contribution in [0.15, 0.2) is 41.5 Å². The zero-order valence-corrected chi connectivity index (χ0v) is 11.0. The monoisotopic (exact) mass is 250 g/mol. The van der Waals surface area contributed by atoms with Gasteiger partial charge in [0.25, 0.3) is 0 Å². The Labute approximate surface area is 110 Å². The first kappa shape index (κ1) is 11.6. The van der Waals surface area contributed by atoms with Crippen LogP contribution in [0.5, 0.6) is 0 Å². The molecule has 0 bridgehead atoms. The van der Waals surface area contributed by atoms with Crippen LogP contribution in [0, 0.1) is 6.92 Å². The number of hydrogen-bond acceptors (Lipinski definition) is 1. The summed E-state index contributed by atoms with van der Waals surface area (Å²) < 4.78 is 2.20. The van der Waals surface area contributed by atoms with Crippen LogP contribution in [0.2, 0.25) is 0 Å². The number of aromatic nitrogens is 1. The van der Waals surface area contributed by atoms with Crippen molar-refractivity contribution in [2.24, 2.45) is 12.2 Å². The van der Waals surface area contributed by atoms with E-state index in [0.29, 0.717) is 6.54 Å². The summed E-state index contributed by atoms with van der Waals surface area (Å²) in [6, 6.07) is 12.7. The van der Waals surface area contributed by atoms with Crippen LogP contribution in [-0.2, 0) is 13.6 Å². The second kappa shape index (κ2) is 4.34. The van der Waals surface area contributed by atoms with Crippen LogP contribution in [0.3, 0.4) is 0 Å². The topological polar surface area (TPSA) is 53.7 Å². The van der Waals surface area contributed by atoms with Gasteiger partial charge in [0.15, 0.2) is 0 Å². The first-order valence-electron chi connectivity index (χ1n) is 6.19. The number of fused-ring (bicyclic) bond motifs is 3. The van der Waals surface area contributed by atoms with E-state index in [4.69, 9.17) is 5.53 Å². The highest BCUT2D eigenvalue weighted by Gasteiger charge is 2.08. The van der Waals surface area contributed by atoms with Crippen molar-refractivity contribution in [3.63, 3.8) is 0 Å². The summed E-state index contributed by atoms with van der Waals surface area (Å²) in [6.45, 7) is 2.50. The molecule has 3 rings (SSSR count). The van der Waals surface area contributed by atoms with Crippen LogP contribution < -0.4 is 0 Å². The highest BCUT2D eigenvalue weighted by molar-refractivity contribution is 6.08. The smallest absolute Gasteiger partial charge is 0.0511 e. The largest absolute Gasteiger partial charge is 0.344 e. The molecule has 0 aliphatic rings. The van der Waals surface area contributed by atoms with E-state index >= 15 is 0 Å². The molecule has 4 nitrogen and oxygen atoms in total. The molecule has 0 saturated carbocycles. The van der Waals surface area contributed by atoms with Gasteiger partial charge < -0.3 is 4.57 Å². The molecule has 4 heteroatoms. The summed E-state index contributed by atoms with van der Waals surface area (Å²) in [5.74, 6) is 0. The molecule has 2 aromatic carbocycles. The second-order valence-corrected chi connectivity index (χ2v) is 4.82. The average Bonchev–Trinajstić information content (AvgIpc) is 2.69. The molecule has 1 heterocycles. The van der Waals surface area contributed by atoms with E-state index in [-0.39, 0.29) is 0 Å². The van der Waals surface area contributed by atoms with Crippen LogP contribution in [0.4, 0.5) is 0 Å². The van der Waals surface area contributed by atoms with Gasteiger partial charge in [-0.3, -0.25) is 0 Å². The number of hydrogen-bond donors (Lipinski definition) is 0. The zero-order chi connectivity index (χ0) is 13.4. The minimum Gasteiger partial charge on any atom is -0.344 e. The van der Waals surface area contributed by atoms with Gasteiger partial charge in [0.1, 0.15) is 0 Å². The Kier molecular flexibility index (Phi) is 2.65. The number of rotatable bonds is 2. The number of nitrogens with zero attached hydrogens (tertiary/aromatic N) is 4. The van der Waals surface area contributed by atoms with Crippen molar-refractivity contribution in [3.8, 4) is 0 Å². The lowest BCUT2D eigenvalue weighted by Crippen LogP contribution is -1.86. The Morgan fingerprint density at radius 2 is 1.79 bits per heavy atom. The molecule has 0 amide bonds. The molecule has 0 unspecified atom stereocenters. The number of benzene rings is 2. The van der Waals surface area contributed by atoms with Gasteiger partial charge in [-0.15, -0.1) is 0 Å². The first-order valence-corrected chi connectivity index (χ1v) is 6.19. The molecule has 19 heavy (non-hydrogen) atoms. The molecule has 1 aromatic heterocycles. The van der Waals surface area contributed by atoms with Gasteiger partial charge in [-0.1, -0.05) is 22.8 Å². The maximum atomic E-state index is 8.41. The Morgan fingerprint density at radius 3 is 2.53 bits per heavy atom. The van der Waals surface area contributed by atoms with Crippen molar-refractivity contribution in [1.82, 2.24) is 4.57 Å². The second-order valence-electron chi connectivity index (χ2n) is 4.82. The van der Waals surface area contributed by atoms with Crippen molar-refractivity contribution in [2.75, 3.05) is 0 Å². The molecular weight excluding hydrogens is 236 g/mol. The quantitative estimate of drug-likeness (QED) is 0.366. The fourth-order valence-electron chi connectivity index (χ4n) is 2.59. The van der Waals surface area contributed by atoms with Gasteiger partial charge in [-0.25, -0.2) is 0 Å². The molecule has 0 fully saturated rings. The Morgan fingerprint density at radius 1 is 1.11 bits per heavy atom. The van der Waals surface area contributed by atoms with Crippen molar-refractivity contribution < 1.29 is 0 Å². The Hall–Kier alpha value is -2.45. The summed E-state index contributed by atoms with van der Waals surface area (Å²) in [5, 5.41) is 6.09. The van der Waals surface area contributed by atoms with Gasteiger partial charge in [0.2, 0.25) is 0 Å². The van der Waals surface area contributed by atoms with E-state index in [9.17, 15) is 0 Å². The zero-order valence-electron chi connectivity index (χ0n) is 11.0. The molecule has 0 radical (unpaired) electrons. The Bertz CT molecular complexity index is 823. The molecule has 3 aromatic rings. The first-order chi connectivity index (χ1) is 9.20. The van der Waals surface area contributed by atoms with Crippen LogP contribution >= 0.6 is 0 Å². The lowest BCUT2D eigenvalue weighted by molar-refractivity contribution is 1.01. The van der Waals surface area contributed by atoms with E-state index in [1.165, 1.54) is 27.4 Å². The molecule has 0 N–H and O–H groups in total. The van der Waals surface area contributed by atoms with Gasteiger partial charge >= 0.3 is 0 Å². The third-order valence-electron chi connectivity index (χ3n) is 3.54. The third-order valence-corrected chi connectivity index (χ3v) is 3.54. The van der Waals surface area contributed by atoms with Gasteiger partial charge in [0.05, 0.1) is 6.54 Å². The molecule has 0 aliphatic heterocycles. The summed E-state index contributed by atoms with van der Waals surface area (Å²) >= 11 is 0. The predicted octanol–water partition coefficient (Wildman–Crippen LogP) is 4.45. The minimum atomic E-state index is 0.397. The Balaban J connectivity index is 2.34. The van der Waals surface area contributed by atoms with Gasteiger partial charge in [0, 0.05) is 33.8 Å². The summed E-state index contributed by atoms with van der Waals surface area (Å²) in [5.41, 5.74) is 13.1. The predicted molar refractivity (Wildman–Crippen MR) is 78.0 cm³/mol.